The van der Waals surface area contributed by atoms with E-state index in [0.717, 1.165) is 12.8 Å². The SMILES string of the molecule is O=C(COC(=O)[C@H]1CC=CCC1)Nc1ccc(Cl)cc1Cl. The van der Waals surface area contributed by atoms with Crippen molar-refractivity contribution in [2.45, 2.75) is 19.3 Å². The van der Waals surface area contributed by atoms with E-state index >= 15 is 0 Å². The van der Waals surface area contributed by atoms with Crippen LogP contribution in [0.3, 0.4) is 0 Å². The minimum Gasteiger partial charge on any atom is -0.455 e. The summed E-state index contributed by atoms with van der Waals surface area (Å²) in [7, 11) is 0. The molecule has 4 nitrogen and oxygen atoms in total. The van der Waals surface area contributed by atoms with Gasteiger partial charge in [0.1, 0.15) is 0 Å². The Morgan fingerprint density at radius 3 is 2.76 bits per heavy atom. The number of carbonyl (C=O) groups excluding carboxylic acids is 2. The molecule has 0 aliphatic heterocycles. The van der Waals surface area contributed by atoms with E-state index in [1.807, 2.05) is 12.2 Å². The van der Waals surface area contributed by atoms with Crippen LogP contribution < -0.4 is 5.32 Å². The largest absolute Gasteiger partial charge is 0.455 e. The molecule has 1 atom stereocenters. The third-order valence-electron chi connectivity index (χ3n) is 3.15. The Labute approximate surface area is 133 Å². The van der Waals surface area contributed by atoms with Gasteiger partial charge in [-0.1, -0.05) is 35.4 Å². The molecule has 0 bridgehead atoms. The minimum absolute atomic E-state index is 0.151. The van der Waals surface area contributed by atoms with E-state index in [2.05, 4.69) is 5.32 Å². The third-order valence-corrected chi connectivity index (χ3v) is 3.70. The Kier molecular flexibility index (Phi) is 5.65. The van der Waals surface area contributed by atoms with Crippen LogP contribution in [-0.2, 0) is 14.3 Å². The number of allylic oxidation sites excluding steroid dienone is 2. The molecule has 2 rings (SSSR count). The summed E-state index contributed by atoms with van der Waals surface area (Å²) < 4.78 is 5.03. The van der Waals surface area contributed by atoms with Crippen LogP contribution in [0.2, 0.25) is 10.0 Å². The van der Waals surface area contributed by atoms with Gasteiger partial charge in [0.05, 0.1) is 16.6 Å². The van der Waals surface area contributed by atoms with Crippen LogP contribution in [0, 0.1) is 5.92 Å². The lowest BCUT2D eigenvalue weighted by Crippen LogP contribution is -2.25. The highest BCUT2D eigenvalue weighted by molar-refractivity contribution is 6.36. The molecule has 0 radical (unpaired) electrons. The van der Waals surface area contributed by atoms with Crippen molar-refractivity contribution in [3.05, 3.63) is 40.4 Å². The summed E-state index contributed by atoms with van der Waals surface area (Å²) in [5, 5.41) is 3.39. The lowest BCUT2D eigenvalue weighted by Gasteiger charge is -2.16. The fraction of sp³-hybridized carbons (Fsp3) is 0.333. The summed E-state index contributed by atoms with van der Waals surface area (Å²) in [6.07, 6.45) is 6.30. The van der Waals surface area contributed by atoms with Gasteiger partial charge < -0.3 is 10.1 Å². The summed E-state index contributed by atoms with van der Waals surface area (Å²) in [4.78, 5) is 23.5. The average molecular weight is 328 g/mol. The first-order valence-electron chi connectivity index (χ1n) is 6.63. The summed E-state index contributed by atoms with van der Waals surface area (Å²) in [6.45, 7) is -0.321. The molecule has 1 aromatic carbocycles. The Morgan fingerprint density at radius 2 is 2.10 bits per heavy atom. The summed E-state index contributed by atoms with van der Waals surface area (Å²) >= 11 is 11.7. The van der Waals surface area contributed by atoms with Crippen molar-refractivity contribution in [3.63, 3.8) is 0 Å². The first kappa shape index (κ1) is 15.9. The number of hydrogen-bond donors (Lipinski definition) is 1. The quantitative estimate of drug-likeness (QED) is 0.675. The molecule has 1 aliphatic carbocycles. The van der Waals surface area contributed by atoms with E-state index in [-0.39, 0.29) is 18.5 Å². The summed E-state index contributed by atoms with van der Waals surface area (Å²) in [5.74, 6) is -0.919. The van der Waals surface area contributed by atoms with Crippen molar-refractivity contribution in [2.24, 2.45) is 5.92 Å². The maximum Gasteiger partial charge on any atom is 0.309 e. The smallest absolute Gasteiger partial charge is 0.309 e. The lowest BCUT2D eigenvalue weighted by atomic mass is 9.95. The van der Waals surface area contributed by atoms with E-state index in [9.17, 15) is 9.59 Å². The van der Waals surface area contributed by atoms with Crippen LogP contribution in [0.15, 0.2) is 30.4 Å². The van der Waals surface area contributed by atoms with Crippen molar-refractivity contribution in [3.8, 4) is 0 Å². The van der Waals surface area contributed by atoms with Crippen LogP contribution in [0.1, 0.15) is 19.3 Å². The number of hydrogen-bond acceptors (Lipinski definition) is 3. The van der Waals surface area contributed by atoms with Crippen molar-refractivity contribution < 1.29 is 14.3 Å². The van der Waals surface area contributed by atoms with Crippen LogP contribution >= 0.6 is 23.2 Å². The van der Waals surface area contributed by atoms with Crippen LogP contribution in [0.25, 0.3) is 0 Å². The monoisotopic (exact) mass is 327 g/mol. The molecular weight excluding hydrogens is 313 g/mol. The number of anilines is 1. The highest BCUT2D eigenvalue weighted by Crippen LogP contribution is 2.25. The van der Waals surface area contributed by atoms with Gasteiger partial charge in [-0.05, 0) is 37.5 Å². The highest BCUT2D eigenvalue weighted by atomic mass is 35.5. The van der Waals surface area contributed by atoms with Crippen molar-refractivity contribution in [1.29, 1.82) is 0 Å². The van der Waals surface area contributed by atoms with Gasteiger partial charge in [0.2, 0.25) is 0 Å². The molecule has 1 aromatic rings. The van der Waals surface area contributed by atoms with Gasteiger partial charge >= 0.3 is 5.97 Å². The number of benzene rings is 1. The standard InChI is InChI=1S/C15H15Cl2NO3/c16-11-6-7-13(12(17)8-11)18-14(19)9-21-15(20)10-4-2-1-3-5-10/h1-2,6-8,10H,3-5,9H2,(H,18,19)/t10-/m0/s1. The van der Waals surface area contributed by atoms with E-state index in [1.54, 1.807) is 12.1 Å². The topological polar surface area (TPSA) is 55.4 Å². The minimum atomic E-state index is -0.432. The van der Waals surface area contributed by atoms with Gasteiger partial charge in [-0.25, -0.2) is 0 Å². The number of nitrogens with one attached hydrogen (secondary N) is 1. The molecule has 1 N–H and O–H groups in total. The second-order valence-electron chi connectivity index (χ2n) is 4.76. The molecule has 0 saturated heterocycles. The predicted octanol–water partition coefficient (Wildman–Crippen LogP) is 3.83. The lowest BCUT2D eigenvalue weighted by molar-refractivity contribution is -0.151. The van der Waals surface area contributed by atoms with E-state index in [0.29, 0.717) is 22.2 Å². The first-order chi connectivity index (χ1) is 10.1. The van der Waals surface area contributed by atoms with Crippen molar-refractivity contribution in [1.82, 2.24) is 0 Å². The number of rotatable bonds is 4. The normalized spacial score (nSPS) is 17.3. The van der Waals surface area contributed by atoms with Crippen LogP contribution in [-0.4, -0.2) is 18.5 Å². The first-order valence-corrected chi connectivity index (χ1v) is 7.38. The third kappa shape index (κ3) is 4.76. The zero-order valence-electron chi connectivity index (χ0n) is 11.3. The summed E-state index contributed by atoms with van der Waals surface area (Å²) in [5.41, 5.74) is 0.433. The maximum atomic E-state index is 11.8. The molecule has 0 aromatic heterocycles. The van der Waals surface area contributed by atoms with Crippen molar-refractivity contribution >= 4 is 40.8 Å². The van der Waals surface area contributed by atoms with Gasteiger partial charge in [-0.3, -0.25) is 9.59 Å². The molecule has 1 aliphatic rings. The molecule has 112 valence electrons. The zero-order valence-corrected chi connectivity index (χ0v) is 12.8. The van der Waals surface area contributed by atoms with Crippen LogP contribution in [0.5, 0.6) is 0 Å². The number of amides is 1. The molecule has 0 spiro atoms. The molecule has 21 heavy (non-hydrogen) atoms. The van der Waals surface area contributed by atoms with Gasteiger partial charge in [-0.2, -0.15) is 0 Å². The number of esters is 1. The molecule has 0 saturated carbocycles. The molecule has 1 amide bonds. The second-order valence-corrected chi connectivity index (χ2v) is 5.61. The van der Waals surface area contributed by atoms with E-state index in [4.69, 9.17) is 27.9 Å². The average Bonchev–Trinajstić information content (AvgIpc) is 2.48. The zero-order chi connectivity index (χ0) is 15.2. The molecule has 0 heterocycles. The predicted molar refractivity (Wildman–Crippen MR) is 82.5 cm³/mol. The Bertz CT molecular complexity index is 572. The number of ether oxygens (including phenoxy) is 1. The molecule has 0 fully saturated rings. The molecular formula is C15H15Cl2NO3. The summed E-state index contributed by atoms with van der Waals surface area (Å²) in [6, 6.07) is 4.73. The number of carbonyl (C=O) groups is 2. The van der Waals surface area contributed by atoms with Gasteiger partial charge in [0.25, 0.3) is 5.91 Å². The number of halogens is 2. The Morgan fingerprint density at radius 1 is 1.29 bits per heavy atom. The van der Waals surface area contributed by atoms with E-state index < -0.39 is 5.91 Å². The molecule has 0 unspecified atom stereocenters. The highest BCUT2D eigenvalue weighted by Gasteiger charge is 2.21. The molecule has 6 heteroatoms. The van der Waals surface area contributed by atoms with Gasteiger partial charge in [-0.15, -0.1) is 0 Å². The Hall–Kier alpha value is -1.52. The fourth-order valence-electron chi connectivity index (χ4n) is 2.04. The van der Waals surface area contributed by atoms with Gasteiger partial charge in [0.15, 0.2) is 6.61 Å². The van der Waals surface area contributed by atoms with E-state index in [1.165, 1.54) is 6.07 Å². The Balaban J connectivity index is 1.81. The van der Waals surface area contributed by atoms with Crippen molar-refractivity contribution in [2.75, 3.05) is 11.9 Å². The maximum absolute atomic E-state index is 11.8. The van der Waals surface area contributed by atoms with Crippen LogP contribution in [0.4, 0.5) is 5.69 Å². The second kappa shape index (κ2) is 7.48. The van der Waals surface area contributed by atoms with Gasteiger partial charge in [0, 0.05) is 5.02 Å². The fourth-order valence-corrected chi connectivity index (χ4v) is 2.50.